The number of nitrogens with one attached hydrogen (secondary N) is 1. The molecule has 0 spiro atoms. The Bertz CT molecular complexity index is 859. The zero-order valence-electron chi connectivity index (χ0n) is 13.8. The van der Waals surface area contributed by atoms with Gasteiger partial charge in [0, 0.05) is 11.8 Å². The van der Waals surface area contributed by atoms with Crippen LogP contribution in [0.3, 0.4) is 0 Å². The molecule has 0 unspecified atom stereocenters. The third-order valence-electron chi connectivity index (χ3n) is 3.73. The molecule has 1 heterocycles. The van der Waals surface area contributed by atoms with Gasteiger partial charge in [0.05, 0.1) is 32.0 Å². The van der Waals surface area contributed by atoms with Crippen molar-refractivity contribution in [1.82, 2.24) is 9.78 Å². The number of aromatic nitrogens is 2. The molecule has 5 nitrogen and oxygen atoms in total. The number of rotatable bonds is 6. The van der Waals surface area contributed by atoms with Crippen molar-refractivity contribution in [1.29, 1.82) is 0 Å². The molecule has 1 aromatic heterocycles. The van der Waals surface area contributed by atoms with Crippen LogP contribution in [-0.4, -0.2) is 22.8 Å². The molecule has 0 bridgehead atoms. The van der Waals surface area contributed by atoms with E-state index in [4.69, 9.17) is 4.74 Å². The average Bonchev–Trinajstić information content (AvgIpc) is 3.04. The highest BCUT2D eigenvalue weighted by molar-refractivity contribution is 5.92. The maximum absolute atomic E-state index is 13.7. The van der Waals surface area contributed by atoms with E-state index in [9.17, 15) is 9.18 Å². The van der Waals surface area contributed by atoms with Crippen molar-refractivity contribution in [2.45, 2.75) is 13.0 Å². The molecule has 25 heavy (non-hydrogen) atoms. The van der Waals surface area contributed by atoms with E-state index < -0.39 is 0 Å². The quantitative estimate of drug-likeness (QED) is 0.750. The normalized spacial score (nSPS) is 10.5. The number of anilines is 1. The van der Waals surface area contributed by atoms with Gasteiger partial charge in [0.1, 0.15) is 11.6 Å². The monoisotopic (exact) mass is 339 g/mol. The van der Waals surface area contributed by atoms with E-state index in [1.165, 1.54) is 6.07 Å². The Labute approximate surface area is 145 Å². The molecule has 0 fully saturated rings. The molecule has 128 valence electrons. The highest BCUT2D eigenvalue weighted by Crippen LogP contribution is 2.14. The average molecular weight is 339 g/mol. The molecule has 6 heteroatoms. The largest absolute Gasteiger partial charge is 0.497 e. The van der Waals surface area contributed by atoms with Gasteiger partial charge in [-0.05, 0) is 23.8 Å². The topological polar surface area (TPSA) is 56.1 Å². The SMILES string of the molecule is COc1ccc(CC(=O)Nc2cnn(Cc3ccccc3F)c2)cc1. The van der Waals surface area contributed by atoms with Gasteiger partial charge in [0.15, 0.2) is 0 Å². The third-order valence-corrected chi connectivity index (χ3v) is 3.73. The smallest absolute Gasteiger partial charge is 0.228 e. The third kappa shape index (κ3) is 4.44. The number of hydrogen-bond donors (Lipinski definition) is 1. The van der Waals surface area contributed by atoms with Gasteiger partial charge >= 0.3 is 0 Å². The first-order chi connectivity index (χ1) is 12.1. The molecular formula is C19H18FN3O2. The van der Waals surface area contributed by atoms with E-state index in [-0.39, 0.29) is 18.1 Å². The Kier molecular flexibility index (Phi) is 5.09. The van der Waals surface area contributed by atoms with Crippen molar-refractivity contribution in [2.75, 3.05) is 12.4 Å². The molecule has 0 aliphatic carbocycles. The molecule has 0 aliphatic rings. The Morgan fingerprint density at radius 2 is 1.96 bits per heavy atom. The molecule has 3 rings (SSSR count). The van der Waals surface area contributed by atoms with E-state index in [0.717, 1.165) is 11.3 Å². The van der Waals surface area contributed by atoms with Crippen molar-refractivity contribution in [3.05, 3.63) is 77.9 Å². The van der Waals surface area contributed by atoms with E-state index in [2.05, 4.69) is 10.4 Å². The minimum Gasteiger partial charge on any atom is -0.497 e. The summed E-state index contributed by atoms with van der Waals surface area (Å²) in [6.45, 7) is 0.307. The number of amides is 1. The summed E-state index contributed by atoms with van der Waals surface area (Å²) in [5.41, 5.74) is 2.01. The van der Waals surface area contributed by atoms with E-state index in [1.54, 1.807) is 42.4 Å². The number of ether oxygens (including phenoxy) is 1. The van der Waals surface area contributed by atoms with Crippen LogP contribution in [0.4, 0.5) is 10.1 Å². The van der Waals surface area contributed by atoms with Crippen LogP contribution in [0.25, 0.3) is 0 Å². The van der Waals surface area contributed by atoms with Crippen molar-refractivity contribution < 1.29 is 13.9 Å². The molecule has 1 N–H and O–H groups in total. The number of benzene rings is 2. The van der Waals surface area contributed by atoms with Crippen LogP contribution in [0, 0.1) is 5.82 Å². The summed E-state index contributed by atoms with van der Waals surface area (Å²) >= 11 is 0. The van der Waals surface area contributed by atoms with Crippen LogP contribution < -0.4 is 10.1 Å². The molecule has 3 aromatic rings. The number of hydrogen-bond acceptors (Lipinski definition) is 3. The minimum absolute atomic E-state index is 0.143. The summed E-state index contributed by atoms with van der Waals surface area (Å²) in [5, 5.41) is 6.95. The molecule has 1 amide bonds. The molecule has 2 aromatic carbocycles. The van der Waals surface area contributed by atoms with Crippen LogP contribution in [0.5, 0.6) is 5.75 Å². The number of carbonyl (C=O) groups excluding carboxylic acids is 1. The van der Waals surface area contributed by atoms with Crippen molar-refractivity contribution >= 4 is 11.6 Å². The van der Waals surface area contributed by atoms with Crippen LogP contribution in [-0.2, 0) is 17.8 Å². The molecule has 0 radical (unpaired) electrons. The zero-order valence-corrected chi connectivity index (χ0v) is 13.8. The maximum atomic E-state index is 13.7. The maximum Gasteiger partial charge on any atom is 0.228 e. The fraction of sp³-hybridized carbons (Fsp3) is 0.158. The van der Waals surface area contributed by atoms with E-state index in [0.29, 0.717) is 17.8 Å². The summed E-state index contributed by atoms with van der Waals surface area (Å²) < 4.78 is 20.3. The Hall–Kier alpha value is -3.15. The van der Waals surface area contributed by atoms with Crippen LogP contribution >= 0.6 is 0 Å². The standard InChI is InChI=1S/C19H18FN3O2/c1-25-17-8-6-14(7-9-17)10-19(24)22-16-11-21-23(13-16)12-15-4-2-3-5-18(15)20/h2-9,11,13H,10,12H2,1H3,(H,22,24). The highest BCUT2D eigenvalue weighted by atomic mass is 19.1. The zero-order chi connectivity index (χ0) is 17.6. The van der Waals surface area contributed by atoms with Gasteiger partial charge in [-0.3, -0.25) is 9.48 Å². The molecule has 0 saturated carbocycles. The van der Waals surface area contributed by atoms with Crippen molar-refractivity contribution in [3.63, 3.8) is 0 Å². The Balaban J connectivity index is 1.58. The van der Waals surface area contributed by atoms with E-state index in [1.807, 2.05) is 24.3 Å². The lowest BCUT2D eigenvalue weighted by molar-refractivity contribution is -0.115. The first-order valence-corrected chi connectivity index (χ1v) is 7.82. The van der Waals surface area contributed by atoms with Gasteiger partial charge in [-0.25, -0.2) is 4.39 Å². The van der Waals surface area contributed by atoms with Crippen molar-refractivity contribution in [2.24, 2.45) is 0 Å². The van der Waals surface area contributed by atoms with Gasteiger partial charge in [0.2, 0.25) is 5.91 Å². The van der Waals surface area contributed by atoms with Crippen LogP contribution in [0.1, 0.15) is 11.1 Å². The first kappa shape index (κ1) is 16.7. The fourth-order valence-electron chi connectivity index (χ4n) is 2.45. The summed E-state index contributed by atoms with van der Waals surface area (Å²) in [6, 6.07) is 13.9. The van der Waals surface area contributed by atoms with E-state index >= 15 is 0 Å². The molecule has 0 saturated heterocycles. The highest BCUT2D eigenvalue weighted by Gasteiger charge is 2.08. The minimum atomic E-state index is -0.275. The Morgan fingerprint density at radius 1 is 1.20 bits per heavy atom. The second kappa shape index (κ2) is 7.61. The summed E-state index contributed by atoms with van der Waals surface area (Å²) in [7, 11) is 1.60. The van der Waals surface area contributed by atoms with Gasteiger partial charge in [-0.2, -0.15) is 5.10 Å². The predicted octanol–water partition coefficient (Wildman–Crippen LogP) is 3.26. The molecular weight excluding hydrogens is 321 g/mol. The molecule has 0 atom stereocenters. The summed E-state index contributed by atoms with van der Waals surface area (Å²) in [6.07, 6.45) is 3.48. The summed E-state index contributed by atoms with van der Waals surface area (Å²) in [4.78, 5) is 12.1. The van der Waals surface area contributed by atoms with Gasteiger partial charge in [0.25, 0.3) is 0 Å². The predicted molar refractivity (Wildman–Crippen MR) is 93.1 cm³/mol. The second-order valence-corrected chi connectivity index (χ2v) is 5.59. The number of nitrogens with zero attached hydrogens (tertiary/aromatic N) is 2. The number of carbonyl (C=O) groups is 1. The number of methoxy groups -OCH3 is 1. The second-order valence-electron chi connectivity index (χ2n) is 5.59. The van der Waals surface area contributed by atoms with Gasteiger partial charge < -0.3 is 10.1 Å². The molecule has 0 aliphatic heterocycles. The lowest BCUT2D eigenvalue weighted by Gasteiger charge is -2.05. The summed E-state index contributed by atoms with van der Waals surface area (Å²) in [5.74, 6) is 0.331. The fourth-order valence-corrected chi connectivity index (χ4v) is 2.45. The van der Waals surface area contributed by atoms with Gasteiger partial charge in [-0.1, -0.05) is 30.3 Å². The van der Waals surface area contributed by atoms with Crippen LogP contribution in [0.15, 0.2) is 60.9 Å². The van der Waals surface area contributed by atoms with Crippen LogP contribution in [0.2, 0.25) is 0 Å². The Morgan fingerprint density at radius 3 is 2.68 bits per heavy atom. The lowest BCUT2D eigenvalue weighted by atomic mass is 10.1. The van der Waals surface area contributed by atoms with Gasteiger partial charge in [-0.15, -0.1) is 0 Å². The lowest BCUT2D eigenvalue weighted by Crippen LogP contribution is -2.14. The van der Waals surface area contributed by atoms with Crippen molar-refractivity contribution in [3.8, 4) is 5.75 Å². The number of halogens is 1. The first-order valence-electron chi connectivity index (χ1n) is 7.82.